The number of hydrogen-bond acceptors (Lipinski definition) is 6. The van der Waals surface area contributed by atoms with E-state index in [1.165, 1.54) is 5.69 Å². The number of nitrogens with zero attached hydrogens (tertiary/aromatic N) is 3. The third kappa shape index (κ3) is 5.04. The average molecular weight is 486 g/mol. The van der Waals surface area contributed by atoms with Crippen LogP contribution in [0, 0.1) is 0 Å². The third-order valence-electron chi connectivity index (χ3n) is 6.77. The molecule has 2 aliphatic heterocycles. The number of ether oxygens (including phenoxy) is 1. The summed E-state index contributed by atoms with van der Waals surface area (Å²) in [7, 11) is 0. The van der Waals surface area contributed by atoms with Gasteiger partial charge in [-0.3, -0.25) is 9.59 Å². The largest absolute Gasteiger partial charge is 0.378 e. The summed E-state index contributed by atoms with van der Waals surface area (Å²) in [5.41, 5.74) is 4.45. The molecular weight excluding hydrogens is 454 g/mol. The van der Waals surface area contributed by atoms with Gasteiger partial charge in [-0.15, -0.1) is 0 Å². The zero-order valence-electron chi connectivity index (χ0n) is 20.6. The number of nitrogens with one attached hydrogen (secondary N) is 2. The molecule has 0 spiro atoms. The van der Waals surface area contributed by atoms with E-state index in [0.717, 1.165) is 49.7 Å². The number of pyridine rings is 1. The molecule has 2 amide bonds. The van der Waals surface area contributed by atoms with Crippen molar-refractivity contribution in [1.82, 2.24) is 4.98 Å². The quantitative estimate of drug-likeness (QED) is 0.555. The molecular formula is C28H31N5O3. The Morgan fingerprint density at radius 2 is 1.81 bits per heavy atom. The van der Waals surface area contributed by atoms with Crippen LogP contribution in [0.1, 0.15) is 42.2 Å². The van der Waals surface area contributed by atoms with Crippen molar-refractivity contribution in [1.29, 1.82) is 0 Å². The molecule has 5 rings (SSSR count). The fourth-order valence-electron chi connectivity index (χ4n) is 5.04. The van der Waals surface area contributed by atoms with Crippen LogP contribution in [0.2, 0.25) is 0 Å². The molecule has 0 unspecified atom stereocenters. The molecule has 186 valence electrons. The Labute approximate surface area is 211 Å². The number of amides is 2. The van der Waals surface area contributed by atoms with Crippen molar-refractivity contribution in [2.24, 2.45) is 0 Å². The molecule has 0 aliphatic carbocycles. The standard InChI is InChI=1S/C28H31N5O3/c1-19-17-25(30-22-7-9-23(10-8-22)32-13-15-36-16-14-32)24-18-21(6-11-26(24)33(19)20(2)34)28(35)31-27-5-3-4-12-29-27/h3-12,18-19,25,30H,13-17H2,1-2H3,(H,29,31,35)/t19-,25+/m0/s1. The molecule has 8 heteroatoms. The van der Waals surface area contributed by atoms with Crippen LogP contribution in [0.15, 0.2) is 66.9 Å². The summed E-state index contributed by atoms with van der Waals surface area (Å²) in [4.78, 5) is 33.8. The molecule has 3 heterocycles. The summed E-state index contributed by atoms with van der Waals surface area (Å²) < 4.78 is 5.46. The van der Waals surface area contributed by atoms with Crippen LogP contribution in [0.4, 0.5) is 22.9 Å². The van der Waals surface area contributed by atoms with Crippen molar-refractivity contribution in [3.8, 4) is 0 Å². The van der Waals surface area contributed by atoms with Crippen LogP contribution in [0.3, 0.4) is 0 Å². The van der Waals surface area contributed by atoms with E-state index in [1.54, 1.807) is 31.3 Å². The van der Waals surface area contributed by atoms with E-state index in [4.69, 9.17) is 4.74 Å². The summed E-state index contributed by atoms with van der Waals surface area (Å²) in [6, 6.07) is 19.3. The Morgan fingerprint density at radius 3 is 2.50 bits per heavy atom. The predicted molar refractivity (Wildman–Crippen MR) is 142 cm³/mol. The van der Waals surface area contributed by atoms with Crippen LogP contribution in [0.5, 0.6) is 0 Å². The van der Waals surface area contributed by atoms with Crippen LogP contribution < -0.4 is 20.4 Å². The lowest BCUT2D eigenvalue weighted by Gasteiger charge is -2.39. The Bertz CT molecular complexity index is 1230. The number of carbonyl (C=O) groups excluding carboxylic acids is 2. The highest BCUT2D eigenvalue weighted by molar-refractivity contribution is 6.04. The topological polar surface area (TPSA) is 86.8 Å². The zero-order chi connectivity index (χ0) is 25.1. The van der Waals surface area contributed by atoms with Gasteiger partial charge in [-0.05, 0) is 73.5 Å². The number of morpholine rings is 1. The molecule has 0 bridgehead atoms. The van der Waals surface area contributed by atoms with Gasteiger partial charge in [0.25, 0.3) is 5.91 Å². The van der Waals surface area contributed by atoms with Gasteiger partial charge in [0.15, 0.2) is 0 Å². The van der Waals surface area contributed by atoms with E-state index in [9.17, 15) is 9.59 Å². The maximum Gasteiger partial charge on any atom is 0.256 e. The summed E-state index contributed by atoms with van der Waals surface area (Å²) in [6.45, 7) is 6.93. The molecule has 36 heavy (non-hydrogen) atoms. The van der Waals surface area contributed by atoms with Gasteiger partial charge in [-0.2, -0.15) is 0 Å². The fraction of sp³-hybridized carbons (Fsp3) is 0.321. The van der Waals surface area contributed by atoms with E-state index in [-0.39, 0.29) is 23.9 Å². The van der Waals surface area contributed by atoms with E-state index >= 15 is 0 Å². The molecule has 0 radical (unpaired) electrons. The number of carbonyl (C=O) groups is 2. The molecule has 2 N–H and O–H groups in total. The molecule has 1 fully saturated rings. The third-order valence-corrected chi connectivity index (χ3v) is 6.77. The number of benzene rings is 2. The van der Waals surface area contributed by atoms with Crippen LogP contribution in [-0.4, -0.2) is 49.1 Å². The van der Waals surface area contributed by atoms with Crippen molar-refractivity contribution in [2.45, 2.75) is 32.4 Å². The first kappa shape index (κ1) is 23.8. The van der Waals surface area contributed by atoms with Crippen molar-refractivity contribution >= 4 is 34.7 Å². The van der Waals surface area contributed by atoms with Crippen molar-refractivity contribution in [3.63, 3.8) is 0 Å². The highest BCUT2D eigenvalue weighted by Gasteiger charge is 2.33. The van der Waals surface area contributed by atoms with Gasteiger partial charge in [-0.1, -0.05) is 6.07 Å². The van der Waals surface area contributed by atoms with Crippen LogP contribution >= 0.6 is 0 Å². The smallest absolute Gasteiger partial charge is 0.256 e. The van der Waals surface area contributed by atoms with Crippen LogP contribution in [0.25, 0.3) is 0 Å². The predicted octanol–water partition coefficient (Wildman–Crippen LogP) is 4.47. The molecule has 8 nitrogen and oxygen atoms in total. The van der Waals surface area contributed by atoms with Gasteiger partial charge in [0.05, 0.1) is 19.3 Å². The molecule has 2 aliphatic rings. The summed E-state index contributed by atoms with van der Waals surface area (Å²) in [5.74, 6) is 0.245. The van der Waals surface area contributed by atoms with E-state index < -0.39 is 0 Å². The monoisotopic (exact) mass is 485 g/mol. The highest BCUT2D eigenvalue weighted by Crippen LogP contribution is 2.40. The molecule has 1 aromatic heterocycles. The summed E-state index contributed by atoms with van der Waals surface area (Å²) in [6.07, 6.45) is 2.36. The lowest BCUT2D eigenvalue weighted by atomic mass is 9.90. The second kappa shape index (κ2) is 10.4. The van der Waals surface area contributed by atoms with E-state index in [1.807, 2.05) is 23.1 Å². The fourth-order valence-corrected chi connectivity index (χ4v) is 5.04. The Hall–Kier alpha value is -3.91. The van der Waals surface area contributed by atoms with Crippen LogP contribution in [-0.2, 0) is 9.53 Å². The minimum absolute atomic E-state index is 0.0113. The van der Waals surface area contributed by atoms with Gasteiger partial charge >= 0.3 is 0 Å². The number of hydrogen-bond donors (Lipinski definition) is 2. The molecule has 2 atom stereocenters. The first-order valence-electron chi connectivity index (χ1n) is 12.3. The maximum atomic E-state index is 13.0. The summed E-state index contributed by atoms with van der Waals surface area (Å²) in [5, 5.41) is 6.49. The van der Waals surface area contributed by atoms with Gasteiger partial charge in [0.2, 0.25) is 5.91 Å². The van der Waals surface area contributed by atoms with Crippen molar-refractivity contribution in [2.75, 3.05) is 46.7 Å². The zero-order valence-corrected chi connectivity index (χ0v) is 20.6. The maximum absolute atomic E-state index is 13.0. The minimum Gasteiger partial charge on any atom is -0.378 e. The first-order chi connectivity index (χ1) is 17.5. The molecule has 3 aromatic rings. The lowest BCUT2D eigenvalue weighted by molar-refractivity contribution is -0.117. The van der Waals surface area contributed by atoms with E-state index in [2.05, 4.69) is 51.7 Å². The lowest BCUT2D eigenvalue weighted by Crippen LogP contribution is -2.43. The van der Waals surface area contributed by atoms with Gasteiger partial charge < -0.3 is 25.2 Å². The number of anilines is 4. The number of rotatable bonds is 5. The number of fused-ring (bicyclic) bond motifs is 1. The minimum atomic E-state index is -0.238. The highest BCUT2D eigenvalue weighted by atomic mass is 16.5. The van der Waals surface area contributed by atoms with E-state index in [0.29, 0.717) is 11.4 Å². The molecule has 2 aromatic carbocycles. The SMILES string of the molecule is CC(=O)N1c2ccc(C(=O)Nc3ccccn3)cc2[C@H](Nc2ccc(N3CCOCC3)cc2)C[C@@H]1C. The second-order valence-electron chi connectivity index (χ2n) is 9.26. The van der Waals surface area contributed by atoms with Crippen molar-refractivity contribution < 1.29 is 14.3 Å². The number of aromatic nitrogens is 1. The van der Waals surface area contributed by atoms with Crippen molar-refractivity contribution in [3.05, 3.63) is 78.0 Å². The van der Waals surface area contributed by atoms with Gasteiger partial charge in [-0.25, -0.2) is 4.98 Å². The molecule has 0 saturated carbocycles. The Balaban J connectivity index is 1.41. The second-order valence-corrected chi connectivity index (χ2v) is 9.26. The summed E-state index contributed by atoms with van der Waals surface area (Å²) >= 11 is 0. The molecule has 1 saturated heterocycles. The Morgan fingerprint density at radius 1 is 1.03 bits per heavy atom. The first-order valence-corrected chi connectivity index (χ1v) is 12.3. The van der Waals surface area contributed by atoms with Gasteiger partial charge in [0.1, 0.15) is 5.82 Å². The Kier molecular flexibility index (Phi) is 6.86. The van der Waals surface area contributed by atoms with Gasteiger partial charge in [0, 0.05) is 54.9 Å². The normalized spacial score (nSPS) is 19.4. The average Bonchev–Trinajstić information content (AvgIpc) is 2.90.